The van der Waals surface area contributed by atoms with Crippen molar-refractivity contribution in [1.82, 2.24) is 0 Å². The molecule has 98 valence electrons. The zero-order valence-electron chi connectivity index (χ0n) is 9.28. The maximum Gasteiger partial charge on any atom is 0.387 e. The maximum absolute atomic E-state index is 12.2. The normalized spacial score (nSPS) is 10.3. The van der Waals surface area contributed by atoms with Crippen molar-refractivity contribution in [3.05, 3.63) is 27.7 Å². The molecule has 18 heavy (non-hydrogen) atoms. The fourth-order valence-electron chi connectivity index (χ4n) is 1.29. The highest BCUT2D eigenvalue weighted by molar-refractivity contribution is 9.10. The molecular weight excluding hydrogens is 314 g/mol. The van der Waals surface area contributed by atoms with Crippen molar-refractivity contribution in [2.75, 3.05) is 6.61 Å². The van der Waals surface area contributed by atoms with E-state index in [2.05, 4.69) is 20.7 Å². The minimum atomic E-state index is -3.09. The molecule has 0 aromatic heterocycles. The van der Waals surface area contributed by atoms with Crippen LogP contribution >= 0.6 is 15.9 Å². The highest BCUT2D eigenvalue weighted by Crippen LogP contribution is 2.28. The molecule has 0 atom stereocenters. The molecule has 0 amide bonds. The second-order valence-corrected chi connectivity index (χ2v) is 4.00. The molecule has 0 bridgehead atoms. The van der Waals surface area contributed by atoms with Crippen LogP contribution in [0.5, 0.6) is 5.75 Å². The summed E-state index contributed by atoms with van der Waals surface area (Å²) in [6, 6.07) is 2.48. The Hall–Kier alpha value is -1.50. The van der Waals surface area contributed by atoms with Gasteiger partial charge in [-0.2, -0.15) is 8.78 Å². The Kier molecular flexibility index (Phi) is 5.21. The first-order valence-electron chi connectivity index (χ1n) is 4.90. The Morgan fingerprint density at radius 2 is 2.17 bits per heavy atom. The standard InChI is InChI=1S/C11H9BrF2O4/c1-2-17-10(16)7-3-6(12)4-9(8(7)5-15)18-11(13)14/h3-5,11H,2H2,1H3. The van der Waals surface area contributed by atoms with E-state index in [4.69, 9.17) is 4.74 Å². The second-order valence-electron chi connectivity index (χ2n) is 3.08. The molecule has 0 heterocycles. The van der Waals surface area contributed by atoms with Crippen molar-refractivity contribution in [2.24, 2.45) is 0 Å². The molecular formula is C11H9BrF2O4. The number of esters is 1. The number of aldehydes is 1. The van der Waals surface area contributed by atoms with Crippen molar-refractivity contribution < 1.29 is 27.8 Å². The molecule has 0 aliphatic heterocycles. The molecule has 4 nitrogen and oxygen atoms in total. The zero-order valence-corrected chi connectivity index (χ0v) is 10.9. The van der Waals surface area contributed by atoms with Crippen molar-refractivity contribution in [2.45, 2.75) is 13.5 Å². The molecule has 0 N–H and O–H groups in total. The number of benzene rings is 1. The van der Waals surface area contributed by atoms with Crippen LogP contribution < -0.4 is 4.74 Å². The molecule has 0 aliphatic carbocycles. The van der Waals surface area contributed by atoms with Crippen LogP contribution in [-0.2, 0) is 4.74 Å². The third-order valence-electron chi connectivity index (χ3n) is 1.94. The Labute approximate surface area is 110 Å². The van der Waals surface area contributed by atoms with Gasteiger partial charge >= 0.3 is 12.6 Å². The van der Waals surface area contributed by atoms with E-state index < -0.39 is 12.6 Å². The van der Waals surface area contributed by atoms with E-state index >= 15 is 0 Å². The Balaban J connectivity index is 3.28. The van der Waals surface area contributed by atoms with Gasteiger partial charge in [-0.3, -0.25) is 4.79 Å². The lowest BCUT2D eigenvalue weighted by Crippen LogP contribution is -2.11. The molecule has 0 saturated carbocycles. The number of alkyl halides is 2. The lowest BCUT2D eigenvalue weighted by Gasteiger charge is -2.11. The van der Waals surface area contributed by atoms with E-state index in [0.717, 1.165) is 0 Å². The van der Waals surface area contributed by atoms with Gasteiger partial charge in [0, 0.05) is 4.47 Å². The molecule has 0 aliphatic rings. The van der Waals surface area contributed by atoms with Gasteiger partial charge in [0.15, 0.2) is 6.29 Å². The van der Waals surface area contributed by atoms with Crippen LogP contribution in [0.1, 0.15) is 27.6 Å². The fraction of sp³-hybridized carbons (Fsp3) is 0.273. The molecule has 0 unspecified atom stereocenters. The topological polar surface area (TPSA) is 52.6 Å². The van der Waals surface area contributed by atoms with Gasteiger partial charge in [0.2, 0.25) is 0 Å². The molecule has 0 saturated heterocycles. The third kappa shape index (κ3) is 3.49. The summed E-state index contributed by atoms with van der Waals surface area (Å²) in [7, 11) is 0. The summed E-state index contributed by atoms with van der Waals surface area (Å²) in [4.78, 5) is 22.5. The van der Waals surface area contributed by atoms with Crippen LogP contribution in [0, 0.1) is 0 Å². The van der Waals surface area contributed by atoms with E-state index in [9.17, 15) is 18.4 Å². The average Bonchev–Trinajstić information content (AvgIpc) is 2.27. The van der Waals surface area contributed by atoms with Crippen LogP contribution in [0.25, 0.3) is 0 Å². The van der Waals surface area contributed by atoms with Gasteiger partial charge in [-0.05, 0) is 19.1 Å². The highest BCUT2D eigenvalue weighted by atomic mass is 79.9. The molecule has 1 aromatic rings. The molecule has 0 spiro atoms. The number of carbonyl (C=O) groups excluding carboxylic acids is 2. The first kappa shape index (κ1) is 14.6. The number of hydrogen-bond acceptors (Lipinski definition) is 4. The predicted octanol–water partition coefficient (Wildman–Crippen LogP) is 3.04. The lowest BCUT2D eigenvalue weighted by atomic mass is 10.1. The summed E-state index contributed by atoms with van der Waals surface area (Å²) in [5.41, 5.74) is -0.395. The van der Waals surface area contributed by atoms with Gasteiger partial charge in [0.25, 0.3) is 0 Å². The molecule has 0 radical (unpaired) electrons. The zero-order chi connectivity index (χ0) is 13.7. The van der Waals surface area contributed by atoms with Gasteiger partial charge < -0.3 is 9.47 Å². The summed E-state index contributed by atoms with van der Waals surface area (Å²) < 4.78 is 33.6. The van der Waals surface area contributed by atoms with E-state index in [1.165, 1.54) is 12.1 Å². The maximum atomic E-state index is 12.2. The summed E-state index contributed by atoms with van der Waals surface area (Å²) in [6.45, 7) is -1.39. The van der Waals surface area contributed by atoms with Crippen molar-refractivity contribution >= 4 is 28.2 Å². The second kappa shape index (κ2) is 6.44. The van der Waals surface area contributed by atoms with Crippen molar-refractivity contribution in [3.8, 4) is 5.75 Å². The summed E-state index contributed by atoms with van der Waals surface area (Å²) in [5, 5.41) is 0. The summed E-state index contributed by atoms with van der Waals surface area (Å²) >= 11 is 3.04. The van der Waals surface area contributed by atoms with Gasteiger partial charge in [-0.1, -0.05) is 15.9 Å². The van der Waals surface area contributed by atoms with Crippen LogP contribution in [0.2, 0.25) is 0 Å². The van der Waals surface area contributed by atoms with Crippen LogP contribution in [-0.4, -0.2) is 25.5 Å². The average molecular weight is 323 g/mol. The van der Waals surface area contributed by atoms with E-state index in [-0.39, 0.29) is 29.8 Å². The smallest absolute Gasteiger partial charge is 0.387 e. The fourth-order valence-corrected chi connectivity index (χ4v) is 1.72. The quantitative estimate of drug-likeness (QED) is 0.617. The van der Waals surface area contributed by atoms with Crippen molar-refractivity contribution in [1.29, 1.82) is 0 Å². The molecule has 1 aromatic carbocycles. The highest BCUT2D eigenvalue weighted by Gasteiger charge is 2.20. The van der Waals surface area contributed by atoms with Crippen LogP contribution in [0.15, 0.2) is 16.6 Å². The number of rotatable bonds is 5. The third-order valence-corrected chi connectivity index (χ3v) is 2.39. The van der Waals surface area contributed by atoms with E-state index in [1.807, 2.05) is 0 Å². The molecule has 7 heteroatoms. The lowest BCUT2D eigenvalue weighted by molar-refractivity contribution is -0.0502. The Morgan fingerprint density at radius 3 is 2.67 bits per heavy atom. The van der Waals surface area contributed by atoms with Gasteiger partial charge in [-0.25, -0.2) is 4.79 Å². The SMILES string of the molecule is CCOC(=O)c1cc(Br)cc(OC(F)F)c1C=O. The largest absolute Gasteiger partial charge is 0.462 e. The predicted molar refractivity (Wildman–Crippen MR) is 62.1 cm³/mol. The van der Waals surface area contributed by atoms with Crippen molar-refractivity contribution in [3.63, 3.8) is 0 Å². The van der Waals surface area contributed by atoms with E-state index in [1.54, 1.807) is 6.92 Å². The van der Waals surface area contributed by atoms with Gasteiger partial charge in [0.1, 0.15) is 5.75 Å². The summed E-state index contributed by atoms with van der Waals surface area (Å²) in [5.74, 6) is -1.16. The van der Waals surface area contributed by atoms with Crippen LogP contribution in [0.3, 0.4) is 0 Å². The number of hydrogen-bond donors (Lipinski definition) is 0. The minimum absolute atomic E-state index is 0.106. The Morgan fingerprint density at radius 1 is 1.50 bits per heavy atom. The monoisotopic (exact) mass is 322 g/mol. The van der Waals surface area contributed by atoms with E-state index in [0.29, 0.717) is 4.47 Å². The Bertz CT molecular complexity index is 463. The number of ether oxygens (including phenoxy) is 2. The first-order chi connectivity index (χ1) is 8.49. The van der Waals surface area contributed by atoms with Gasteiger partial charge in [0.05, 0.1) is 17.7 Å². The first-order valence-corrected chi connectivity index (χ1v) is 5.69. The molecule has 0 fully saturated rings. The summed E-state index contributed by atoms with van der Waals surface area (Å²) in [6.07, 6.45) is 0.274. The van der Waals surface area contributed by atoms with Gasteiger partial charge in [-0.15, -0.1) is 0 Å². The minimum Gasteiger partial charge on any atom is -0.462 e. The number of carbonyl (C=O) groups is 2. The molecule has 1 rings (SSSR count). The number of halogens is 3. The van der Waals surface area contributed by atoms with Crippen LogP contribution in [0.4, 0.5) is 8.78 Å².